The molecule has 0 aliphatic heterocycles. The molecule has 1 N–H and O–H groups in total. The second-order valence-electron chi connectivity index (χ2n) is 3.88. The Morgan fingerprint density at radius 1 is 1.22 bits per heavy atom. The molecule has 0 spiro atoms. The summed E-state index contributed by atoms with van der Waals surface area (Å²) in [5.41, 5.74) is 2.12. The number of nitrogens with one attached hydrogen (secondary N) is 1. The lowest BCUT2D eigenvalue weighted by Crippen LogP contribution is -2.08. The summed E-state index contributed by atoms with van der Waals surface area (Å²) in [6.07, 6.45) is 3.57. The first-order valence-electron chi connectivity index (χ1n) is 5.59. The van der Waals surface area contributed by atoms with Crippen molar-refractivity contribution in [3.63, 3.8) is 0 Å². The van der Waals surface area contributed by atoms with Gasteiger partial charge >= 0.3 is 0 Å². The van der Waals surface area contributed by atoms with Gasteiger partial charge < -0.3 is 9.55 Å². The summed E-state index contributed by atoms with van der Waals surface area (Å²) >= 11 is 1.63. The molecular formula is C13H12N4S. The van der Waals surface area contributed by atoms with Crippen molar-refractivity contribution < 1.29 is 0 Å². The minimum atomic E-state index is 0.888. The summed E-state index contributed by atoms with van der Waals surface area (Å²) in [5.74, 6) is 0. The Hall–Kier alpha value is -2.14. The van der Waals surface area contributed by atoms with Crippen molar-refractivity contribution >= 4 is 27.8 Å². The van der Waals surface area contributed by atoms with E-state index < -0.39 is 0 Å². The maximum absolute atomic E-state index is 4.25. The van der Waals surface area contributed by atoms with Crippen molar-refractivity contribution in [1.82, 2.24) is 9.55 Å². The number of para-hydroxylation sites is 1. The number of aromatic nitrogens is 2. The van der Waals surface area contributed by atoms with Crippen LogP contribution in [0.2, 0.25) is 0 Å². The van der Waals surface area contributed by atoms with Gasteiger partial charge in [-0.2, -0.15) is 5.10 Å². The minimum absolute atomic E-state index is 0.888. The Kier molecular flexibility index (Phi) is 2.82. The van der Waals surface area contributed by atoms with Crippen LogP contribution in [-0.4, -0.2) is 15.8 Å². The lowest BCUT2D eigenvalue weighted by molar-refractivity contribution is 0.889. The molecule has 2 aromatic heterocycles. The number of aromatic amines is 1. The van der Waals surface area contributed by atoms with Crippen LogP contribution in [0.4, 0.5) is 0 Å². The highest BCUT2D eigenvalue weighted by Gasteiger charge is 2.00. The van der Waals surface area contributed by atoms with E-state index in [4.69, 9.17) is 0 Å². The minimum Gasteiger partial charge on any atom is -0.360 e. The van der Waals surface area contributed by atoms with Crippen LogP contribution in [-0.2, 0) is 7.05 Å². The molecule has 18 heavy (non-hydrogen) atoms. The van der Waals surface area contributed by atoms with Crippen LogP contribution >= 0.6 is 11.3 Å². The van der Waals surface area contributed by atoms with E-state index >= 15 is 0 Å². The van der Waals surface area contributed by atoms with Crippen molar-refractivity contribution in [2.75, 3.05) is 0 Å². The Balaban J connectivity index is 2.01. The fourth-order valence-electron chi connectivity index (χ4n) is 1.74. The molecule has 4 nitrogen and oxygen atoms in total. The molecule has 0 aliphatic carbocycles. The van der Waals surface area contributed by atoms with Gasteiger partial charge in [0.15, 0.2) is 0 Å². The number of fused-ring (bicyclic) bond motifs is 1. The fourth-order valence-corrected chi connectivity index (χ4v) is 2.72. The molecule has 0 saturated carbocycles. The maximum atomic E-state index is 4.25. The number of thiazole rings is 1. The zero-order valence-electron chi connectivity index (χ0n) is 9.87. The quantitative estimate of drug-likeness (QED) is 0.541. The first-order chi connectivity index (χ1) is 8.84. The SMILES string of the molecule is Cn1/c(=N\N=C/c2ccc[nH]2)sc2ccccc21. The Bertz CT molecular complexity index is 747. The summed E-state index contributed by atoms with van der Waals surface area (Å²) < 4.78 is 3.26. The molecule has 0 radical (unpaired) electrons. The highest BCUT2D eigenvalue weighted by Crippen LogP contribution is 2.14. The zero-order chi connectivity index (χ0) is 12.4. The summed E-state index contributed by atoms with van der Waals surface area (Å²) in [7, 11) is 2.00. The monoisotopic (exact) mass is 256 g/mol. The van der Waals surface area contributed by atoms with Gasteiger partial charge in [-0.1, -0.05) is 23.5 Å². The highest BCUT2D eigenvalue weighted by molar-refractivity contribution is 7.16. The van der Waals surface area contributed by atoms with Gasteiger partial charge in [0.1, 0.15) is 0 Å². The molecule has 1 aromatic carbocycles. The van der Waals surface area contributed by atoms with E-state index in [9.17, 15) is 0 Å². The molecule has 3 aromatic rings. The van der Waals surface area contributed by atoms with E-state index in [-0.39, 0.29) is 0 Å². The fraction of sp³-hybridized carbons (Fsp3) is 0.0769. The predicted octanol–water partition coefficient (Wildman–Crippen LogP) is 2.50. The molecule has 0 aliphatic rings. The number of aryl methyl sites for hydroxylation is 1. The molecule has 0 saturated heterocycles. The Labute approximate surface area is 108 Å². The zero-order valence-corrected chi connectivity index (χ0v) is 10.7. The van der Waals surface area contributed by atoms with Crippen LogP contribution in [0.5, 0.6) is 0 Å². The van der Waals surface area contributed by atoms with Crippen molar-refractivity contribution in [3.8, 4) is 0 Å². The number of H-pyrrole nitrogens is 1. The van der Waals surface area contributed by atoms with E-state index in [0.29, 0.717) is 0 Å². The van der Waals surface area contributed by atoms with Crippen LogP contribution in [0.3, 0.4) is 0 Å². The molecule has 0 amide bonds. The van der Waals surface area contributed by atoms with Gasteiger partial charge in [-0.25, -0.2) is 0 Å². The maximum Gasteiger partial charge on any atom is 0.211 e. The van der Waals surface area contributed by atoms with Gasteiger partial charge in [0.25, 0.3) is 0 Å². The molecule has 3 rings (SSSR count). The Morgan fingerprint density at radius 2 is 2.11 bits per heavy atom. The molecule has 0 atom stereocenters. The summed E-state index contributed by atoms with van der Waals surface area (Å²) in [5, 5.41) is 8.35. The third-order valence-corrected chi connectivity index (χ3v) is 3.78. The van der Waals surface area contributed by atoms with Crippen LogP contribution in [0.15, 0.2) is 52.8 Å². The molecule has 0 fully saturated rings. The van der Waals surface area contributed by atoms with Crippen LogP contribution < -0.4 is 4.80 Å². The van der Waals surface area contributed by atoms with Crippen molar-refractivity contribution in [2.45, 2.75) is 0 Å². The van der Waals surface area contributed by atoms with Gasteiger partial charge in [0.05, 0.1) is 22.1 Å². The summed E-state index contributed by atoms with van der Waals surface area (Å²) in [6, 6.07) is 12.1. The largest absolute Gasteiger partial charge is 0.360 e. The van der Waals surface area contributed by atoms with Crippen LogP contribution in [0.25, 0.3) is 10.2 Å². The third-order valence-electron chi connectivity index (χ3n) is 2.68. The van der Waals surface area contributed by atoms with Crippen LogP contribution in [0.1, 0.15) is 5.69 Å². The van der Waals surface area contributed by atoms with Crippen molar-refractivity contribution in [3.05, 3.63) is 53.1 Å². The second kappa shape index (κ2) is 4.62. The topological polar surface area (TPSA) is 45.4 Å². The molecule has 90 valence electrons. The van der Waals surface area contributed by atoms with Gasteiger partial charge in [0.2, 0.25) is 4.80 Å². The number of hydrogen-bond donors (Lipinski definition) is 1. The first kappa shape index (κ1) is 11.0. The Morgan fingerprint density at radius 3 is 2.89 bits per heavy atom. The number of rotatable bonds is 2. The van der Waals surface area contributed by atoms with E-state index in [1.54, 1.807) is 17.6 Å². The predicted molar refractivity (Wildman–Crippen MR) is 74.7 cm³/mol. The van der Waals surface area contributed by atoms with Gasteiger partial charge in [-0.15, -0.1) is 5.10 Å². The van der Waals surface area contributed by atoms with E-state index in [1.807, 2.05) is 42.1 Å². The van der Waals surface area contributed by atoms with E-state index in [1.165, 1.54) is 10.2 Å². The van der Waals surface area contributed by atoms with Gasteiger partial charge in [-0.3, -0.25) is 0 Å². The summed E-state index contributed by atoms with van der Waals surface area (Å²) in [6.45, 7) is 0. The normalized spacial score (nSPS) is 12.8. The average molecular weight is 256 g/mol. The van der Waals surface area contributed by atoms with Crippen LogP contribution in [0, 0.1) is 0 Å². The van der Waals surface area contributed by atoms with E-state index in [0.717, 1.165) is 10.5 Å². The molecule has 0 bridgehead atoms. The first-order valence-corrected chi connectivity index (χ1v) is 6.41. The molecular weight excluding hydrogens is 244 g/mol. The number of nitrogens with zero attached hydrogens (tertiary/aromatic N) is 3. The lowest BCUT2D eigenvalue weighted by atomic mass is 10.3. The summed E-state index contributed by atoms with van der Waals surface area (Å²) in [4.78, 5) is 3.94. The average Bonchev–Trinajstić information content (AvgIpc) is 3.00. The molecule has 0 unspecified atom stereocenters. The number of benzene rings is 1. The van der Waals surface area contributed by atoms with Crippen molar-refractivity contribution in [1.29, 1.82) is 0 Å². The lowest BCUT2D eigenvalue weighted by Gasteiger charge is -1.92. The smallest absolute Gasteiger partial charge is 0.211 e. The van der Waals surface area contributed by atoms with Gasteiger partial charge in [-0.05, 0) is 24.3 Å². The standard InChI is InChI=1S/C13H12N4S/c1-17-11-6-2-3-7-12(11)18-13(17)16-15-9-10-5-4-8-14-10/h2-9,14H,1H3/b15-9-,16-13+. The third kappa shape index (κ3) is 2.00. The number of hydrogen-bond acceptors (Lipinski definition) is 3. The van der Waals surface area contributed by atoms with Gasteiger partial charge in [0, 0.05) is 13.2 Å². The second-order valence-corrected chi connectivity index (χ2v) is 4.89. The molecule has 5 heteroatoms. The van der Waals surface area contributed by atoms with E-state index in [2.05, 4.69) is 27.3 Å². The highest BCUT2D eigenvalue weighted by atomic mass is 32.1. The molecule has 2 heterocycles. The van der Waals surface area contributed by atoms with Crippen molar-refractivity contribution in [2.24, 2.45) is 17.3 Å².